The SMILES string of the molecule is Cc1oc2ccc(OCc3ccccc3)cc2c1C(=O)N[C@H]1C[C@H]2CC[C@@H](C1)N2. The van der Waals surface area contributed by atoms with E-state index in [0.29, 0.717) is 35.6 Å². The Morgan fingerprint density at radius 3 is 2.66 bits per heavy atom. The van der Waals surface area contributed by atoms with E-state index < -0.39 is 0 Å². The van der Waals surface area contributed by atoms with E-state index in [1.165, 1.54) is 12.8 Å². The standard InChI is InChI=1S/C24H26N2O3/c1-15-23(24(27)26-19-11-17-7-8-18(12-19)25-17)21-13-20(9-10-22(21)29-15)28-14-16-5-3-2-4-6-16/h2-6,9-10,13,17-19,25H,7-8,11-12,14H2,1H3,(H,26,27)/t17-,18+,19+. The summed E-state index contributed by atoms with van der Waals surface area (Å²) >= 11 is 0. The van der Waals surface area contributed by atoms with Gasteiger partial charge in [0.25, 0.3) is 5.91 Å². The molecule has 5 nitrogen and oxygen atoms in total. The van der Waals surface area contributed by atoms with Crippen molar-refractivity contribution >= 4 is 16.9 Å². The molecule has 1 amide bonds. The highest BCUT2D eigenvalue weighted by Crippen LogP contribution is 2.31. The first-order valence-corrected chi connectivity index (χ1v) is 10.4. The fourth-order valence-corrected chi connectivity index (χ4v) is 4.74. The molecule has 0 aliphatic carbocycles. The van der Waals surface area contributed by atoms with E-state index in [1.807, 2.05) is 55.5 Å². The average molecular weight is 390 g/mol. The third-order valence-corrected chi connectivity index (χ3v) is 6.12. The molecule has 0 unspecified atom stereocenters. The van der Waals surface area contributed by atoms with Gasteiger partial charge in [0.2, 0.25) is 0 Å². The second-order valence-corrected chi connectivity index (χ2v) is 8.25. The Morgan fingerprint density at radius 2 is 1.90 bits per heavy atom. The van der Waals surface area contributed by atoms with Crippen LogP contribution in [0.25, 0.3) is 11.0 Å². The summed E-state index contributed by atoms with van der Waals surface area (Å²) in [6.45, 7) is 2.34. The van der Waals surface area contributed by atoms with Gasteiger partial charge in [-0.2, -0.15) is 0 Å². The summed E-state index contributed by atoms with van der Waals surface area (Å²) in [4.78, 5) is 13.1. The molecule has 5 heteroatoms. The molecule has 2 aromatic carbocycles. The lowest BCUT2D eigenvalue weighted by Gasteiger charge is -2.29. The Kier molecular flexibility index (Phi) is 4.76. The van der Waals surface area contributed by atoms with Crippen molar-refractivity contribution in [2.24, 2.45) is 0 Å². The van der Waals surface area contributed by atoms with Crippen LogP contribution in [0.4, 0.5) is 0 Å². The zero-order chi connectivity index (χ0) is 19.8. The molecule has 3 heterocycles. The van der Waals surface area contributed by atoms with Gasteiger partial charge in [0.05, 0.1) is 5.56 Å². The number of furan rings is 1. The van der Waals surface area contributed by atoms with Crippen LogP contribution in [0.15, 0.2) is 52.9 Å². The van der Waals surface area contributed by atoms with Crippen LogP contribution in [0, 0.1) is 6.92 Å². The molecule has 3 aromatic rings. The summed E-state index contributed by atoms with van der Waals surface area (Å²) in [6.07, 6.45) is 4.44. The molecule has 29 heavy (non-hydrogen) atoms. The van der Waals surface area contributed by atoms with Crippen molar-refractivity contribution in [1.82, 2.24) is 10.6 Å². The number of carbonyl (C=O) groups is 1. The summed E-state index contributed by atoms with van der Waals surface area (Å²) < 4.78 is 11.8. The minimum Gasteiger partial charge on any atom is -0.489 e. The van der Waals surface area contributed by atoms with Crippen molar-refractivity contribution in [1.29, 1.82) is 0 Å². The van der Waals surface area contributed by atoms with Crippen molar-refractivity contribution in [3.05, 3.63) is 65.4 Å². The van der Waals surface area contributed by atoms with Crippen molar-refractivity contribution < 1.29 is 13.9 Å². The van der Waals surface area contributed by atoms with Crippen LogP contribution < -0.4 is 15.4 Å². The summed E-state index contributed by atoms with van der Waals surface area (Å²) in [5.41, 5.74) is 2.44. The molecular formula is C24H26N2O3. The maximum Gasteiger partial charge on any atom is 0.255 e. The van der Waals surface area contributed by atoms with Crippen LogP contribution in [0.5, 0.6) is 5.75 Å². The van der Waals surface area contributed by atoms with Gasteiger partial charge in [-0.1, -0.05) is 30.3 Å². The molecule has 0 radical (unpaired) electrons. The van der Waals surface area contributed by atoms with E-state index in [-0.39, 0.29) is 11.9 Å². The molecule has 1 aromatic heterocycles. The minimum atomic E-state index is -0.0484. The van der Waals surface area contributed by atoms with Gasteiger partial charge in [-0.25, -0.2) is 0 Å². The largest absolute Gasteiger partial charge is 0.489 e. The van der Waals surface area contributed by atoms with E-state index in [0.717, 1.165) is 29.5 Å². The van der Waals surface area contributed by atoms with Gasteiger partial charge in [0.15, 0.2) is 0 Å². The average Bonchev–Trinajstić information content (AvgIpc) is 3.24. The Balaban J connectivity index is 1.35. The van der Waals surface area contributed by atoms with Gasteiger partial charge in [0, 0.05) is 23.5 Å². The van der Waals surface area contributed by atoms with Crippen LogP contribution in [0.1, 0.15) is 47.4 Å². The lowest BCUT2D eigenvalue weighted by Crippen LogP contribution is -2.48. The number of amides is 1. The molecular weight excluding hydrogens is 364 g/mol. The van der Waals surface area contributed by atoms with Crippen molar-refractivity contribution in [3.8, 4) is 5.75 Å². The number of nitrogens with one attached hydrogen (secondary N) is 2. The maximum atomic E-state index is 13.1. The van der Waals surface area contributed by atoms with Crippen molar-refractivity contribution in [2.45, 2.75) is 57.3 Å². The third kappa shape index (κ3) is 3.75. The number of carbonyl (C=O) groups excluding carboxylic acids is 1. The second-order valence-electron chi connectivity index (χ2n) is 8.25. The lowest BCUT2D eigenvalue weighted by atomic mass is 9.99. The summed E-state index contributed by atoms with van der Waals surface area (Å²) in [7, 11) is 0. The van der Waals surface area contributed by atoms with E-state index in [1.54, 1.807) is 0 Å². The molecule has 150 valence electrons. The number of hydrogen-bond donors (Lipinski definition) is 2. The zero-order valence-electron chi connectivity index (χ0n) is 16.6. The van der Waals surface area contributed by atoms with E-state index in [2.05, 4.69) is 10.6 Å². The second kappa shape index (κ2) is 7.56. The third-order valence-electron chi connectivity index (χ3n) is 6.12. The first-order chi connectivity index (χ1) is 14.2. The molecule has 2 aliphatic heterocycles. The van der Waals surface area contributed by atoms with Gasteiger partial charge in [-0.3, -0.25) is 4.79 Å². The monoisotopic (exact) mass is 390 g/mol. The van der Waals surface area contributed by atoms with Crippen LogP contribution in [0.2, 0.25) is 0 Å². The molecule has 0 spiro atoms. The molecule has 5 rings (SSSR count). The number of aryl methyl sites for hydroxylation is 1. The number of fused-ring (bicyclic) bond motifs is 3. The Hall–Kier alpha value is -2.79. The highest BCUT2D eigenvalue weighted by molar-refractivity contribution is 6.07. The number of rotatable bonds is 5. The van der Waals surface area contributed by atoms with Crippen LogP contribution >= 0.6 is 0 Å². The quantitative estimate of drug-likeness (QED) is 0.681. The predicted molar refractivity (Wildman–Crippen MR) is 112 cm³/mol. The topological polar surface area (TPSA) is 63.5 Å². The first-order valence-electron chi connectivity index (χ1n) is 10.4. The first kappa shape index (κ1) is 18.3. The number of piperidine rings is 1. The smallest absolute Gasteiger partial charge is 0.255 e. The molecule has 2 aliphatic rings. The summed E-state index contributed by atoms with van der Waals surface area (Å²) in [5.74, 6) is 1.33. The van der Waals surface area contributed by atoms with Crippen LogP contribution in [0.3, 0.4) is 0 Å². The van der Waals surface area contributed by atoms with Crippen molar-refractivity contribution in [3.63, 3.8) is 0 Å². The zero-order valence-corrected chi connectivity index (χ0v) is 16.6. The number of hydrogen-bond acceptors (Lipinski definition) is 4. The Morgan fingerprint density at radius 1 is 1.14 bits per heavy atom. The van der Waals surface area contributed by atoms with Gasteiger partial charge < -0.3 is 19.8 Å². The summed E-state index contributed by atoms with van der Waals surface area (Å²) in [6, 6.07) is 17.0. The Bertz CT molecular complexity index is 1020. The normalized spacial score (nSPS) is 23.3. The number of benzene rings is 2. The van der Waals surface area contributed by atoms with E-state index in [9.17, 15) is 4.79 Å². The minimum absolute atomic E-state index is 0.0484. The highest BCUT2D eigenvalue weighted by atomic mass is 16.5. The van der Waals surface area contributed by atoms with Gasteiger partial charge >= 0.3 is 0 Å². The van der Waals surface area contributed by atoms with Crippen molar-refractivity contribution in [2.75, 3.05) is 0 Å². The fourth-order valence-electron chi connectivity index (χ4n) is 4.74. The van der Waals surface area contributed by atoms with Crippen LogP contribution in [-0.2, 0) is 6.61 Å². The summed E-state index contributed by atoms with van der Waals surface area (Å²) in [5, 5.41) is 7.68. The molecule has 0 saturated carbocycles. The highest BCUT2D eigenvalue weighted by Gasteiger charge is 2.34. The maximum absolute atomic E-state index is 13.1. The van der Waals surface area contributed by atoms with Gasteiger partial charge in [0.1, 0.15) is 23.7 Å². The van der Waals surface area contributed by atoms with Gasteiger partial charge in [-0.15, -0.1) is 0 Å². The Labute approximate surface area is 170 Å². The predicted octanol–water partition coefficient (Wildman–Crippen LogP) is 4.33. The fraction of sp³-hybridized carbons (Fsp3) is 0.375. The molecule has 2 fully saturated rings. The van der Waals surface area contributed by atoms with Gasteiger partial charge in [-0.05, 0) is 56.4 Å². The molecule has 2 saturated heterocycles. The van der Waals surface area contributed by atoms with E-state index in [4.69, 9.17) is 9.15 Å². The van der Waals surface area contributed by atoms with E-state index >= 15 is 0 Å². The lowest BCUT2D eigenvalue weighted by molar-refractivity contribution is 0.0924. The molecule has 2 bridgehead atoms. The molecule has 3 atom stereocenters. The van der Waals surface area contributed by atoms with Crippen LogP contribution in [-0.4, -0.2) is 24.0 Å². The number of ether oxygens (including phenoxy) is 1. The molecule has 2 N–H and O–H groups in total.